The average molecular weight is 439 g/mol. The molecule has 0 spiro atoms. The number of benzene rings is 1. The van der Waals surface area contributed by atoms with E-state index in [2.05, 4.69) is 5.32 Å². The summed E-state index contributed by atoms with van der Waals surface area (Å²) in [6, 6.07) is 9.98. The molecule has 2 heterocycles. The molecule has 0 atom stereocenters. The van der Waals surface area contributed by atoms with Crippen LogP contribution in [-0.2, 0) is 14.3 Å². The normalized spacial score (nSPS) is 15.1. The van der Waals surface area contributed by atoms with Gasteiger partial charge in [0.1, 0.15) is 23.2 Å². The van der Waals surface area contributed by atoms with Crippen molar-refractivity contribution in [1.82, 2.24) is 5.32 Å². The molecule has 0 fully saturated rings. The Bertz CT molecular complexity index is 1170. The lowest BCUT2D eigenvalue weighted by Crippen LogP contribution is -2.37. The quantitative estimate of drug-likeness (QED) is 0.309. The van der Waals surface area contributed by atoms with Gasteiger partial charge >= 0.3 is 5.97 Å². The first-order valence-corrected chi connectivity index (χ1v) is 9.99. The molecule has 8 heteroatoms. The first kappa shape index (κ1) is 22.1. The maximum atomic E-state index is 12.3. The maximum absolute atomic E-state index is 12.3. The van der Waals surface area contributed by atoms with E-state index in [9.17, 15) is 14.4 Å². The third kappa shape index (κ3) is 4.76. The molecule has 0 unspecified atom stereocenters. The number of ether oxygens (including phenoxy) is 1. The lowest BCUT2D eigenvalue weighted by atomic mass is 9.96. The molecule has 0 bridgehead atoms. The van der Waals surface area contributed by atoms with Gasteiger partial charge < -0.3 is 9.15 Å². The average Bonchev–Trinajstić information content (AvgIpc) is 3.20. The van der Waals surface area contributed by atoms with Gasteiger partial charge in [-0.2, -0.15) is 5.26 Å². The van der Waals surface area contributed by atoms with E-state index in [1.807, 2.05) is 6.92 Å². The summed E-state index contributed by atoms with van der Waals surface area (Å²) in [5.74, 6) is -1.05. The third-order valence-electron chi connectivity index (χ3n) is 4.70. The molecule has 1 aromatic heterocycles. The van der Waals surface area contributed by atoms with Crippen molar-refractivity contribution in [3.63, 3.8) is 0 Å². The van der Waals surface area contributed by atoms with E-state index in [0.717, 1.165) is 12.8 Å². The number of amides is 2. The Kier molecular flexibility index (Phi) is 6.73. The summed E-state index contributed by atoms with van der Waals surface area (Å²) < 4.78 is 11.0. The Morgan fingerprint density at radius 1 is 1.26 bits per heavy atom. The van der Waals surface area contributed by atoms with Crippen molar-refractivity contribution < 1.29 is 23.5 Å². The fourth-order valence-electron chi connectivity index (χ4n) is 2.97. The molecule has 1 aliphatic heterocycles. The van der Waals surface area contributed by atoms with E-state index in [1.165, 1.54) is 13.0 Å². The predicted octanol–water partition coefficient (Wildman–Crippen LogP) is 4.44. The van der Waals surface area contributed by atoms with Gasteiger partial charge in [-0.05, 0) is 55.3 Å². The molecule has 31 heavy (non-hydrogen) atoms. The number of carbonyl (C=O) groups excluding carboxylic acids is 3. The van der Waals surface area contributed by atoms with Crippen molar-refractivity contribution in [3.05, 3.63) is 63.4 Å². The van der Waals surface area contributed by atoms with E-state index in [0.29, 0.717) is 23.7 Å². The molecule has 1 aliphatic rings. The molecular formula is C23H19ClN2O5. The molecule has 0 radical (unpaired) electrons. The molecule has 2 aromatic rings. The molecule has 7 nitrogen and oxygen atoms in total. The monoisotopic (exact) mass is 438 g/mol. The fraction of sp³-hybridized carbons (Fsp3) is 0.217. The smallest absolute Gasteiger partial charge is 0.339 e. The number of furan rings is 1. The van der Waals surface area contributed by atoms with Crippen LogP contribution >= 0.6 is 11.6 Å². The van der Waals surface area contributed by atoms with Crippen LogP contribution in [-0.4, -0.2) is 24.4 Å². The second-order valence-corrected chi connectivity index (χ2v) is 7.25. The Hall–Kier alpha value is -3.63. The van der Waals surface area contributed by atoms with E-state index in [-0.39, 0.29) is 27.3 Å². The molecule has 3 rings (SSSR count). The summed E-state index contributed by atoms with van der Waals surface area (Å²) in [4.78, 5) is 36.2. The number of unbranched alkanes of at least 4 members (excludes halogenated alkanes) is 1. The number of nitriles is 1. The number of nitrogens with one attached hydrogen (secondary N) is 1. The minimum absolute atomic E-state index is 0.124. The molecule has 0 aliphatic carbocycles. The zero-order valence-electron chi connectivity index (χ0n) is 17.0. The van der Waals surface area contributed by atoms with Gasteiger partial charge in [-0.3, -0.25) is 14.9 Å². The largest absolute Gasteiger partial charge is 0.462 e. The van der Waals surface area contributed by atoms with Gasteiger partial charge in [0, 0.05) is 11.1 Å². The zero-order valence-corrected chi connectivity index (χ0v) is 17.7. The predicted molar refractivity (Wildman–Crippen MR) is 114 cm³/mol. The number of nitrogens with zero attached hydrogens (tertiary/aromatic N) is 1. The lowest BCUT2D eigenvalue weighted by molar-refractivity contribution is -0.126. The number of imide groups is 1. The van der Waals surface area contributed by atoms with Crippen LogP contribution < -0.4 is 5.32 Å². The SMILES string of the molecule is CCCCOC(=O)c1cc(-c2ccc(C=C3C(=O)NC(=O)C(C#N)=C3C)o2)ccc1Cl. The summed E-state index contributed by atoms with van der Waals surface area (Å²) in [6.45, 7) is 3.84. The van der Waals surface area contributed by atoms with Crippen LogP contribution in [0.1, 0.15) is 42.8 Å². The highest BCUT2D eigenvalue weighted by Crippen LogP contribution is 2.29. The topological polar surface area (TPSA) is 109 Å². The second-order valence-electron chi connectivity index (χ2n) is 6.84. The van der Waals surface area contributed by atoms with Crippen molar-refractivity contribution in [3.8, 4) is 17.4 Å². The highest BCUT2D eigenvalue weighted by atomic mass is 35.5. The molecular weight excluding hydrogens is 420 g/mol. The first-order chi connectivity index (χ1) is 14.8. The van der Waals surface area contributed by atoms with Crippen molar-refractivity contribution in [1.29, 1.82) is 5.26 Å². The Morgan fingerprint density at radius 3 is 2.74 bits per heavy atom. The van der Waals surface area contributed by atoms with Gasteiger partial charge in [0.25, 0.3) is 11.8 Å². The van der Waals surface area contributed by atoms with Crippen molar-refractivity contribution in [2.75, 3.05) is 6.61 Å². The van der Waals surface area contributed by atoms with E-state index in [1.54, 1.807) is 36.4 Å². The van der Waals surface area contributed by atoms with Crippen molar-refractivity contribution >= 4 is 35.5 Å². The fourth-order valence-corrected chi connectivity index (χ4v) is 3.16. The van der Waals surface area contributed by atoms with Crippen LogP contribution in [0, 0.1) is 11.3 Å². The van der Waals surface area contributed by atoms with Gasteiger partial charge in [-0.1, -0.05) is 24.9 Å². The summed E-state index contributed by atoms with van der Waals surface area (Å²) in [5, 5.41) is 11.5. The standard InChI is InChI=1S/C23H19ClN2O5/c1-3-4-9-30-23(29)17-10-14(5-7-19(17)24)20-8-6-15(31-20)11-16-13(2)18(12-25)22(28)26-21(16)27/h5-8,10-11H,3-4,9H2,1-2H3,(H,26,27,28). The van der Waals surface area contributed by atoms with Gasteiger partial charge in [-0.25, -0.2) is 4.79 Å². The van der Waals surface area contributed by atoms with Gasteiger partial charge in [0.2, 0.25) is 0 Å². The third-order valence-corrected chi connectivity index (χ3v) is 5.03. The number of esters is 1. The van der Waals surface area contributed by atoms with Crippen LogP contribution in [0.2, 0.25) is 5.02 Å². The molecule has 158 valence electrons. The minimum atomic E-state index is -0.721. The Morgan fingerprint density at radius 2 is 2.03 bits per heavy atom. The number of rotatable bonds is 6. The number of hydrogen-bond donors (Lipinski definition) is 1. The van der Waals surface area contributed by atoms with Gasteiger partial charge in [0.15, 0.2) is 0 Å². The molecule has 2 amide bonds. The highest BCUT2D eigenvalue weighted by molar-refractivity contribution is 6.33. The maximum Gasteiger partial charge on any atom is 0.339 e. The van der Waals surface area contributed by atoms with Crippen molar-refractivity contribution in [2.45, 2.75) is 26.7 Å². The molecule has 1 aromatic carbocycles. The molecule has 0 saturated carbocycles. The summed E-state index contributed by atoms with van der Waals surface area (Å²) in [5.41, 5.74) is 1.15. The van der Waals surface area contributed by atoms with Crippen LogP contribution in [0.25, 0.3) is 17.4 Å². The first-order valence-electron chi connectivity index (χ1n) is 9.61. The van der Waals surface area contributed by atoms with Gasteiger partial charge in [0.05, 0.1) is 17.2 Å². The van der Waals surface area contributed by atoms with Crippen molar-refractivity contribution in [2.24, 2.45) is 0 Å². The summed E-state index contributed by atoms with van der Waals surface area (Å²) in [6.07, 6.45) is 3.12. The minimum Gasteiger partial charge on any atom is -0.462 e. The zero-order chi connectivity index (χ0) is 22.5. The Balaban J connectivity index is 1.90. The van der Waals surface area contributed by atoms with E-state index >= 15 is 0 Å². The molecule has 1 N–H and O–H groups in total. The summed E-state index contributed by atoms with van der Waals surface area (Å²) >= 11 is 6.15. The van der Waals surface area contributed by atoms with Crippen LogP contribution in [0.4, 0.5) is 0 Å². The lowest BCUT2D eigenvalue weighted by Gasteiger charge is -2.15. The number of hydrogen-bond acceptors (Lipinski definition) is 6. The van der Waals surface area contributed by atoms with Gasteiger partial charge in [-0.15, -0.1) is 0 Å². The summed E-state index contributed by atoms with van der Waals surface area (Å²) in [7, 11) is 0. The number of halogens is 1. The highest BCUT2D eigenvalue weighted by Gasteiger charge is 2.27. The number of carbonyl (C=O) groups is 3. The molecule has 0 saturated heterocycles. The van der Waals surface area contributed by atoms with Crippen LogP contribution in [0.3, 0.4) is 0 Å². The van der Waals surface area contributed by atoms with Crippen LogP contribution in [0.5, 0.6) is 0 Å². The second kappa shape index (κ2) is 9.45. The van der Waals surface area contributed by atoms with E-state index < -0.39 is 17.8 Å². The van der Waals surface area contributed by atoms with E-state index in [4.69, 9.17) is 26.0 Å². The van der Waals surface area contributed by atoms with Crippen LogP contribution in [0.15, 0.2) is 51.5 Å². The Labute approximate surface area is 183 Å².